The van der Waals surface area contributed by atoms with Gasteiger partial charge in [-0.05, 0) is 88.3 Å². The number of azide groups is 1. The average Bonchev–Trinajstić information content (AvgIpc) is 0.820. The molecule has 0 aromatic heterocycles. The molecular formula is C76H112Cl3N7O32. The molecule has 1 amide bonds. The maximum absolute atomic E-state index is 13.0. The Labute approximate surface area is 697 Å². The van der Waals surface area contributed by atoms with Gasteiger partial charge in [0.25, 0.3) is 9.70 Å². The van der Waals surface area contributed by atoms with Crippen LogP contribution in [0.3, 0.4) is 0 Å². The summed E-state index contributed by atoms with van der Waals surface area (Å²) >= 11 is 17.1. The number of nitrogens with one attached hydrogen (secondary N) is 4. The van der Waals surface area contributed by atoms with Crippen LogP contribution in [0.4, 0.5) is 0 Å². The van der Waals surface area contributed by atoms with Crippen LogP contribution in [0, 0.1) is 29.1 Å². The van der Waals surface area contributed by atoms with Gasteiger partial charge in [-0.15, -0.1) is 0 Å². The first-order valence-corrected chi connectivity index (χ1v) is 39.4. The summed E-state index contributed by atoms with van der Waals surface area (Å²) in [7, 11) is 1.61. The van der Waals surface area contributed by atoms with E-state index in [2.05, 4.69) is 26.0 Å². The molecule has 2 aliphatic carbocycles. The number of aliphatic hydroxyl groups is 8. The first-order valence-electron chi connectivity index (χ1n) is 38.3. The highest BCUT2D eigenvalue weighted by Crippen LogP contribution is 2.40. The fourth-order valence-corrected chi connectivity index (χ4v) is 14.3. The van der Waals surface area contributed by atoms with Crippen molar-refractivity contribution >= 4 is 94.4 Å². The molecule has 0 spiro atoms. The molecule has 6 fully saturated rings. The van der Waals surface area contributed by atoms with Gasteiger partial charge >= 0.3 is 47.8 Å². The lowest BCUT2D eigenvalue weighted by molar-refractivity contribution is -0.319. The Bertz CT molecular complexity index is 3650. The second-order valence-electron chi connectivity index (χ2n) is 29.5. The molecule has 664 valence electrons. The van der Waals surface area contributed by atoms with Crippen molar-refractivity contribution in [1.29, 1.82) is 5.41 Å². The zero-order valence-electron chi connectivity index (χ0n) is 68.0. The van der Waals surface area contributed by atoms with Crippen LogP contribution in [0.5, 0.6) is 0 Å². The Balaban J connectivity index is 0.000000299. The van der Waals surface area contributed by atoms with E-state index in [0.717, 1.165) is 6.92 Å². The first kappa shape index (κ1) is 101. The van der Waals surface area contributed by atoms with Crippen LogP contribution < -0.4 is 16.0 Å². The van der Waals surface area contributed by atoms with Crippen molar-refractivity contribution in [2.24, 2.45) is 28.8 Å². The largest absolute Gasteiger partial charge is 0.463 e. The normalized spacial score (nSPS) is 34.1. The van der Waals surface area contributed by atoms with Crippen molar-refractivity contribution in [2.75, 3.05) is 33.4 Å². The Morgan fingerprint density at radius 1 is 0.610 bits per heavy atom. The van der Waals surface area contributed by atoms with Crippen LogP contribution in [-0.4, -0.2) is 296 Å². The SMILES string of the molecule is CCC[C@H](OC(C)=O)C(=O)N[C@@H]1CC(C)[C@@H](O[C@H]2OC(COC(C)=O)[C@@H](OC(C)=O)[C@H](OC(C)=O)C2C)[C@H](O)C1OC(C)=O.CCN[C@@H]1CC(C)[C@@H](O[C@H]2OC([C@H](C)O)[C@@H](O)[C@H](O)C2C)[C@H](O)C1OC(C)=O.CNC1[C@@H](O)C(O)OC[C@]1(C)O.[N-]=[N+]=NC[C@H]1O[C@@H](OC(=N)C(Cl)(Cl)Cl)C(OC(=O)c2ccccc2)[C@@H]1OC(=O)c1ccccc1. The van der Waals surface area contributed by atoms with E-state index in [0.29, 0.717) is 19.4 Å². The van der Waals surface area contributed by atoms with E-state index in [1.54, 1.807) is 71.1 Å². The maximum atomic E-state index is 13.0. The van der Waals surface area contributed by atoms with Gasteiger partial charge in [-0.1, -0.05) is 124 Å². The molecule has 12 N–H and O–H groups in total. The summed E-state index contributed by atoms with van der Waals surface area (Å²) in [6.45, 7) is 20.9. The smallest absolute Gasteiger partial charge is 0.338 e. The molecule has 39 nitrogen and oxygen atoms in total. The van der Waals surface area contributed by atoms with Gasteiger partial charge < -0.3 is 128 Å². The molecule has 4 saturated heterocycles. The number of carbonyl (C=O) groups is 9. The molecule has 2 aromatic rings. The lowest BCUT2D eigenvalue weighted by Crippen LogP contribution is -2.64. The van der Waals surface area contributed by atoms with Crippen LogP contribution >= 0.6 is 34.8 Å². The Hall–Kier alpha value is -7.32. The number of alkyl halides is 3. The number of rotatable bonds is 26. The molecule has 0 bridgehead atoms. The highest BCUT2D eigenvalue weighted by molar-refractivity contribution is 6.76. The molecular weight excluding hydrogens is 1630 g/mol. The van der Waals surface area contributed by atoms with E-state index < -0.39 is 234 Å². The topological polar surface area (TPSA) is 563 Å². The standard InChI is InChI=1S/C29H45NO14.C21H17Cl3N4O6.C19H35NO8.C7H15NO4/c1-9-10-21(39-16(5)32)28(37)30-20-11-13(2)24(23(36)26(20)41-18(7)34)44-29-14(3)25(40-17(6)33)27(42-19(8)35)22(43-29)12-38-15(4)31;22-21(23,24)20(25)34-19-16(33-18(30)13-9-5-2-6-10-13)15(14(31-19)11-27-28-26)32-17(29)12-7-3-1-4-8-12;1-6-20-12-7-8(2)16(15(25)18(12)26-11(5)22)27-19-9(3)13(23)14(24)17(28-19)10(4)21;1-7(11)3-12-6(10)4(9)5(7)8-2/h13-14,20-27,29,36H,9-12H2,1-8H3,(H,30,37);1-10,14-16,19,25H,11H2;8-10,12-21,23-25H,6-7H2,1-5H3;4-6,8-11H,3H2,1-2H3/t13?,14?,20-,21+,22?,23+,24-,25-,26?,27-,29-;14-,15-,16?,19+;8?,9?,10-,12+,13+,14-,15-,16+,17?,18?,19-;4-,5?,6?,7+/m1101/s1. The molecule has 2 aromatic carbocycles. The number of amides is 1. The van der Waals surface area contributed by atoms with Crippen LogP contribution in [-0.2, 0) is 105 Å². The van der Waals surface area contributed by atoms with Crippen LogP contribution in [0.1, 0.15) is 143 Å². The summed E-state index contributed by atoms with van der Waals surface area (Å²) in [5.74, 6) is -8.63. The number of esters is 8. The molecule has 30 atom stereocenters. The number of hydrogen-bond donors (Lipinski definition) is 12. The van der Waals surface area contributed by atoms with Gasteiger partial charge in [0, 0.05) is 64.3 Å². The van der Waals surface area contributed by atoms with Crippen molar-refractivity contribution in [2.45, 2.75) is 285 Å². The van der Waals surface area contributed by atoms with Gasteiger partial charge in [0.1, 0.15) is 67.1 Å². The number of nitrogens with zero attached hydrogens (tertiary/aromatic N) is 3. The van der Waals surface area contributed by atoms with Gasteiger partial charge in [-0.25, -0.2) is 9.59 Å². The minimum Gasteiger partial charge on any atom is -0.463 e. The highest BCUT2D eigenvalue weighted by Gasteiger charge is 2.56. The van der Waals surface area contributed by atoms with Gasteiger partial charge in [0.2, 0.25) is 18.3 Å². The summed E-state index contributed by atoms with van der Waals surface area (Å²) < 4.78 is 80.7. The summed E-state index contributed by atoms with van der Waals surface area (Å²) in [5, 5.41) is 101. The van der Waals surface area contributed by atoms with E-state index in [4.69, 9.17) is 122 Å². The monoisotopic (exact) mass is 1740 g/mol. The fraction of sp³-hybridized carbons (Fsp3) is 0.711. The number of hydrogen-bond acceptors (Lipinski definition) is 36. The molecule has 4 aliphatic heterocycles. The van der Waals surface area contributed by atoms with Crippen LogP contribution in [0.15, 0.2) is 65.8 Å². The lowest BCUT2D eigenvalue weighted by atomic mass is 9.79. The van der Waals surface area contributed by atoms with Crippen molar-refractivity contribution in [1.82, 2.24) is 16.0 Å². The van der Waals surface area contributed by atoms with Crippen molar-refractivity contribution < 1.29 is 155 Å². The number of ether oxygens (including phenoxy) is 15. The third-order valence-electron chi connectivity index (χ3n) is 19.8. The van der Waals surface area contributed by atoms with Crippen molar-refractivity contribution in [3.8, 4) is 0 Å². The number of likely N-dealkylation sites (N-methyl/N-ethyl adjacent to an activating group) is 2. The summed E-state index contributed by atoms with van der Waals surface area (Å²) in [5.41, 5.74) is 8.01. The summed E-state index contributed by atoms with van der Waals surface area (Å²) in [4.78, 5) is 112. The molecule has 11 unspecified atom stereocenters. The Morgan fingerprint density at radius 3 is 1.54 bits per heavy atom. The molecule has 4 heterocycles. The van der Waals surface area contributed by atoms with Crippen molar-refractivity contribution in [3.05, 3.63) is 82.2 Å². The van der Waals surface area contributed by atoms with Crippen molar-refractivity contribution in [3.63, 3.8) is 0 Å². The minimum absolute atomic E-state index is 0.0106. The molecule has 8 rings (SSSR count). The predicted octanol–water partition coefficient (Wildman–Crippen LogP) is 2.73. The number of benzene rings is 2. The lowest BCUT2D eigenvalue weighted by Gasteiger charge is -2.48. The predicted molar refractivity (Wildman–Crippen MR) is 412 cm³/mol. The maximum Gasteiger partial charge on any atom is 0.338 e. The summed E-state index contributed by atoms with van der Waals surface area (Å²) in [6.07, 6.45) is -23.2. The first-order chi connectivity index (χ1) is 55.3. The Morgan fingerprint density at radius 2 is 1.08 bits per heavy atom. The van der Waals surface area contributed by atoms with Gasteiger partial charge in [0.15, 0.2) is 43.3 Å². The number of aliphatic hydroxyl groups excluding tert-OH is 7. The van der Waals surface area contributed by atoms with Crippen LogP contribution in [0.2, 0.25) is 0 Å². The van der Waals surface area contributed by atoms with Crippen LogP contribution in [0.25, 0.3) is 10.4 Å². The van der Waals surface area contributed by atoms with E-state index in [1.807, 2.05) is 20.8 Å². The molecule has 42 heteroatoms. The van der Waals surface area contributed by atoms with Gasteiger partial charge in [0.05, 0.1) is 60.8 Å². The van der Waals surface area contributed by atoms with E-state index in [9.17, 15) is 78.9 Å². The Kier molecular flexibility index (Phi) is 40.5. The molecule has 118 heavy (non-hydrogen) atoms. The zero-order valence-corrected chi connectivity index (χ0v) is 70.3. The van der Waals surface area contributed by atoms with E-state index in [1.165, 1.54) is 65.8 Å². The summed E-state index contributed by atoms with van der Waals surface area (Å²) in [6, 6.07) is 14.4. The quantitative estimate of drug-likeness (QED) is 0.00941. The average molecular weight is 1740 g/mol. The molecule has 6 aliphatic rings. The second-order valence-corrected chi connectivity index (χ2v) is 31.8. The third kappa shape index (κ3) is 29.2. The van der Waals surface area contributed by atoms with Gasteiger partial charge in [-0.3, -0.25) is 39.0 Å². The van der Waals surface area contributed by atoms with Gasteiger partial charge in [-0.2, -0.15) is 0 Å². The van der Waals surface area contributed by atoms with E-state index >= 15 is 0 Å². The minimum atomic E-state index is -2.24. The van der Waals surface area contributed by atoms with E-state index in [-0.39, 0.29) is 55.7 Å². The second kappa shape index (κ2) is 47.2. The highest BCUT2D eigenvalue weighted by atomic mass is 35.6. The zero-order chi connectivity index (χ0) is 88.5. The number of halogens is 3. The molecule has 0 radical (unpaired) electrons. The number of carbonyl (C=O) groups excluding carboxylic acids is 9. The fourth-order valence-electron chi connectivity index (χ4n) is 14.2. The molecule has 2 saturated carbocycles. The third-order valence-corrected chi connectivity index (χ3v) is 20.3.